The monoisotopic (exact) mass is 348 g/mol. The first-order chi connectivity index (χ1) is 11.3. The molecule has 0 heterocycles. The predicted octanol–water partition coefficient (Wildman–Crippen LogP) is 2.70. The summed E-state index contributed by atoms with van der Waals surface area (Å²) in [7, 11) is -2.41. The van der Waals surface area contributed by atoms with Gasteiger partial charge in [0.2, 0.25) is 0 Å². The zero-order chi connectivity index (χ0) is 17.8. The van der Waals surface area contributed by atoms with Gasteiger partial charge in [0.05, 0.1) is 12.9 Å². The van der Waals surface area contributed by atoms with Crippen LogP contribution in [0, 0.1) is 0 Å². The van der Waals surface area contributed by atoms with Crippen molar-refractivity contribution in [3.05, 3.63) is 65.7 Å². The molecule has 6 heteroatoms. The summed E-state index contributed by atoms with van der Waals surface area (Å²) in [4.78, 5) is 11.8. The lowest BCUT2D eigenvalue weighted by Gasteiger charge is -2.25. The fraction of sp³-hybridized carbons (Fsp3) is 0.278. The summed E-state index contributed by atoms with van der Waals surface area (Å²) in [6.45, 7) is 1.27. The topological polar surface area (TPSA) is 80.7 Å². The van der Waals surface area contributed by atoms with Crippen LogP contribution in [0.4, 0.5) is 0 Å². The van der Waals surface area contributed by atoms with Crippen LogP contribution in [0.2, 0.25) is 0 Å². The minimum absolute atomic E-state index is 0.0817. The van der Waals surface area contributed by atoms with E-state index in [1.807, 2.05) is 0 Å². The van der Waals surface area contributed by atoms with Crippen LogP contribution < -0.4 is 4.74 Å². The lowest BCUT2D eigenvalue weighted by Crippen LogP contribution is -2.46. The van der Waals surface area contributed by atoms with Gasteiger partial charge in [-0.25, -0.2) is 8.42 Å². The molecule has 0 aliphatic carbocycles. The van der Waals surface area contributed by atoms with E-state index in [4.69, 9.17) is 4.74 Å². The van der Waals surface area contributed by atoms with E-state index in [9.17, 15) is 18.3 Å². The highest BCUT2D eigenvalue weighted by molar-refractivity contribution is 7.92. The molecule has 1 atom stereocenters. The predicted molar refractivity (Wildman–Crippen MR) is 91.8 cm³/mol. The first-order valence-corrected chi connectivity index (χ1v) is 9.06. The van der Waals surface area contributed by atoms with Gasteiger partial charge in [0.25, 0.3) is 0 Å². The maximum atomic E-state index is 12.8. The van der Waals surface area contributed by atoms with Crippen molar-refractivity contribution in [2.24, 2.45) is 0 Å². The van der Waals surface area contributed by atoms with Gasteiger partial charge in [0.15, 0.2) is 14.6 Å². The van der Waals surface area contributed by atoms with Crippen molar-refractivity contribution >= 4 is 15.8 Å². The first-order valence-electron chi connectivity index (χ1n) is 7.41. The number of sulfone groups is 1. The van der Waals surface area contributed by atoms with Gasteiger partial charge in [-0.3, -0.25) is 4.79 Å². The summed E-state index contributed by atoms with van der Waals surface area (Å²) < 4.78 is 28.8. The van der Waals surface area contributed by atoms with E-state index in [1.54, 1.807) is 54.6 Å². The molecule has 0 aliphatic rings. The third kappa shape index (κ3) is 3.76. The van der Waals surface area contributed by atoms with Crippen LogP contribution in [0.25, 0.3) is 0 Å². The quantitative estimate of drug-likeness (QED) is 0.832. The molecule has 5 nitrogen and oxygen atoms in total. The molecule has 0 aliphatic heterocycles. The van der Waals surface area contributed by atoms with Crippen LogP contribution >= 0.6 is 0 Å². The van der Waals surface area contributed by atoms with Crippen LogP contribution in [0.5, 0.6) is 5.75 Å². The van der Waals surface area contributed by atoms with Gasteiger partial charge < -0.3 is 9.84 Å². The van der Waals surface area contributed by atoms with Crippen molar-refractivity contribution in [3.63, 3.8) is 0 Å². The van der Waals surface area contributed by atoms with Crippen LogP contribution in [0.15, 0.2) is 54.6 Å². The Balaban J connectivity index is 2.32. The summed E-state index contributed by atoms with van der Waals surface area (Å²) in [5, 5.41) is 9.59. The molecule has 0 amide bonds. The smallest absolute Gasteiger partial charge is 0.325 e. The molecule has 24 heavy (non-hydrogen) atoms. The molecule has 0 spiro atoms. The Morgan fingerprint density at radius 1 is 1.04 bits per heavy atom. The summed E-state index contributed by atoms with van der Waals surface area (Å²) in [5.41, 5.74) is 1.19. The number of aliphatic carboxylic acids is 1. The van der Waals surface area contributed by atoms with E-state index in [0.29, 0.717) is 16.9 Å². The minimum Gasteiger partial charge on any atom is -0.497 e. The molecular weight excluding hydrogens is 328 g/mol. The molecule has 2 aromatic carbocycles. The Hall–Kier alpha value is -2.34. The highest BCUT2D eigenvalue weighted by atomic mass is 32.2. The van der Waals surface area contributed by atoms with Gasteiger partial charge in [-0.15, -0.1) is 0 Å². The maximum absolute atomic E-state index is 12.8. The lowest BCUT2D eigenvalue weighted by molar-refractivity contribution is -0.139. The number of hydrogen-bond acceptors (Lipinski definition) is 4. The molecule has 0 fully saturated rings. The largest absolute Gasteiger partial charge is 0.497 e. The van der Waals surface area contributed by atoms with Gasteiger partial charge in [-0.1, -0.05) is 42.5 Å². The second-order valence-electron chi connectivity index (χ2n) is 5.81. The molecule has 128 valence electrons. The first kappa shape index (κ1) is 18.0. The van der Waals surface area contributed by atoms with Crippen molar-refractivity contribution in [1.29, 1.82) is 0 Å². The molecule has 2 rings (SSSR count). The van der Waals surface area contributed by atoms with Crippen LogP contribution in [-0.4, -0.2) is 31.4 Å². The second kappa shape index (κ2) is 7.05. The molecule has 2 aromatic rings. The molecule has 0 radical (unpaired) electrons. The lowest BCUT2D eigenvalue weighted by atomic mass is 10.0. The van der Waals surface area contributed by atoms with E-state index in [-0.39, 0.29) is 12.2 Å². The average Bonchev–Trinajstić information content (AvgIpc) is 2.55. The minimum atomic E-state index is -3.93. The molecular formula is C18H20O5S. The van der Waals surface area contributed by atoms with Crippen molar-refractivity contribution in [2.45, 2.75) is 23.8 Å². The Kier molecular flexibility index (Phi) is 5.29. The number of carboxylic acid groups (broad SMARTS) is 1. The maximum Gasteiger partial charge on any atom is 0.325 e. The zero-order valence-corrected chi connectivity index (χ0v) is 14.4. The van der Waals surface area contributed by atoms with Gasteiger partial charge >= 0.3 is 5.97 Å². The fourth-order valence-electron chi connectivity index (χ4n) is 2.40. The summed E-state index contributed by atoms with van der Waals surface area (Å²) in [6, 6.07) is 15.3. The van der Waals surface area contributed by atoms with E-state index in [2.05, 4.69) is 0 Å². The Labute approximate surface area is 141 Å². The van der Waals surface area contributed by atoms with Crippen molar-refractivity contribution in [3.8, 4) is 5.75 Å². The number of hydrogen-bond donors (Lipinski definition) is 1. The average molecular weight is 348 g/mol. The van der Waals surface area contributed by atoms with Gasteiger partial charge in [-0.2, -0.15) is 0 Å². The molecule has 1 unspecified atom stereocenters. The summed E-state index contributed by atoms with van der Waals surface area (Å²) in [6.07, 6.45) is -0.0817. The van der Waals surface area contributed by atoms with Crippen molar-refractivity contribution in [1.82, 2.24) is 0 Å². The van der Waals surface area contributed by atoms with E-state index in [1.165, 1.54) is 14.0 Å². The highest BCUT2D eigenvalue weighted by Gasteiger charge is 2.46. The number of benzene rings is 2. The SMILES string of the molecule is COc1ccc(CS(=O)(=O)C(C)(Cc2ccccc2)C(=O)O)cc1. The Morgan fingerprint density at radius 2 is 1.62 bits per heavy atom. The highest BCUT2D eigenvalue weighted by Crippen LogP contribution is 2.27. The van der Waals surface area contributed by atoms with Gasteiger partial charge in [0, 0.05) is 6.42 Å². The molecule has 0 saturated carbocycles. The number of carbonyl (C=O) groups is 1. The van der Waals surface area contributed by atoms with Crippen molar-refractivity contribution in [2.75, 3.05) is 7.11 Å². The van der Waals surface area contributed by atoms with Crippen LogP contribution in [-0.2, 0) is 26.8 Å². The normalized spacial score (nSPS) is 13.9. The number of carboxylic acids is 1. The third-order valence-corrected chi connectivity index (χ3v) is 6.44. The Morgan fingerprint density at radius 3 is 2.12 bits per heavy atom. The van der Waals surface area contributed by atoms with E-state index in [0.717, 1.165) is 0 Å². The summed E-state index contributed by atoms with van der Waals surface area (Å²) >= 11 is 0. The van der Waals surface area contributed by atoms with E-state index >= 15 is 0 Å². The molecule has 0 saturated heterocycles. The van der Waals surface area contributed by atoms with Crippen LogP contribution in [0.1, 0.15) is 18.1 Å². The number of ether oxygens (including phenoxy) is 1. The zero-order valence-electron chi connectivity index (χ0n) is 13.6. The summed E-state index contributed by atoms with van der Waals surface area (Å²) in [5.74, 6) is -1.08. The number of methoxy groups -OCH3 is 1. The molecule has 0 bridgehead atoms. The Bertz CT molecular complexity index is 797. The second-order valence-corrected chi connectivity index (χ2v) is 8.22. The molecule has 0 aromatic heterocycles. The van der Waals surface area contributed by atoms with E-state index < -0.39 is 20.6 Å². The fourth-order valence-corrected chi connectivity index (χ4v) is 4.01. The number of rotatable bonds is 7. The third-order valence-electron chi connectivity index (χ3n) is 4.04. The van der Waals surface area contributed by atoms with Gasteiger partial charge in [0.1, 0.15) is 5.75 Å². The van der Waals surface area contributed by atoms with Crippen molar-refractivity contribution < 1.29 is 23.1 Å². The molecule has 1 N–H and O–H groups in total. The van der Waals surface area contributed by atoms with Crippen LogP contribution in [0.3, 0.4) is 0 Å². The standard InChI is InChI=1S/C18H20O5S/c1-18(17(19)20,12-14-6-4-3-5-7-14)24(21,22)13-15-8-10-16(23-2)11-9-15/h3-11H,12-13H2,1-2H3,(H,19,20). The van der Waals surface area contributed by atoms with Gasteiger partial charge in [-0.05, 0) is 30.2 Å².